The maximum absolute atomic E-state index is 11.3. The van der Waals surface area contributed by atoms with Crippen molar-refractivity contribution in [2.24, 2.45) is 5.41 Å². The van der Waals surface area contributed by atoms with Gasteiger partial charge in [0, 0.05) is 19.5 Å². The highest BCUT2D eigenvalue weighted by molar-refractivity contribution is 6.17. The van der Waals surface area contributed by atoms with Crippen LogP contribution in [0.2, 0.25) is 0 Å². The van der Waals surface area contributed by atoms with E-state index < -0.39 is 0 Å². The van der Waals surface area contributed by atoms with Gasteiger partial charge in [-0.2, -0.15) is 0 Å². The van der Waals surface area contributed by atoms with Crippen molar-refractivity contribution < 1.29 is 14.3 Å². The number of halogens is 1. The van der Waals surface area contributed by atoms with Crippen LogP contribution in [0.3, 0.4) is 0 Å². The monoisotopic (exact) mass is 251 g/mol. The van der Waals surface area contributed by atoms with Gasteiger partial charge in [0.1, 0.15) is 6.61 Å². The highest BCUT2D eigenvalue weighted by atomic mass is 35.5. The van der Waals surface area contributed by atoms with Crippen LogP contribution in [0.25, 0.3) is 0 Å². The molecule has 96 valence electrons. The van der Waals surface area contributed by atoms with Crippen LogP contribution < -0.4 is 5.32 Å². The fourth-order valence-corrected chi connectivity index (χ4v) is 1.55. The molecule has 5 heteroatoms. The number of hydrogen-bond acceptors (Lipinski definition) is 3. The van der Waals surface area contributed by atoms with Crippen molar-refractivity contribution in [1.82, 2.24) is 5.32 Å². The zero-order chi connectivity index (χ0) is 12.4. The summed E-state index contributed by atoms with van der Waals surface area (Å²) in [6.45, 7) is 5.79. The summed E-state index contributed by atoms with van der Waals surface area (Å²) in [5.41, 5.74) is 0.0317. The van der Waals surface area contributed by atoms with Gasteiger partial charge in [-0.25, -0.2) is 0 Å². The Kier molecular flexibility index (Phi) is 8.61. The molecule has 0 aromatic carbocycles. The summed E-state index contributed by atoms with van der Waals surface area (Å²) >= 11 is 5.67. The minimum Gasteiger partial charge on any atom is -0.382 e. The van der Waals surface area contributed by atoms with Gasteiger partial charge in [0.15, 0.2) is 0 Å². The topological polar surface area (TPSA) is 47.6 Å². The Labute approximate surface area is 103 Å². The molecule has 0 aromatic rings. The molecule has 0 atom stereocenters. The molecule has 0 bridgehead atoms. The van der Waals surface area contributed by atoms with E-state index in [4.69, 9.17) is 21.1 Å². The number of alkyl halides is 1. The minimum atomic E-state index is -0.0984. The number of amides is 1. The van der Waals surface area contributed by atoms with Crippen molar-refractivity contribution in [3.05, 3.63) is 0 Å². The van der Waals surface area contributed by atoms with Crippen molar-refractivity contribution in [2.45, 2.75) is 20.3 Å². The second kappa shape index (κ2) is 8.79. The Morgan fingerprint density at radius 2 is 2.06 bits per heavy atom. The Morgan fingerprint density at radius 1 is 1.38 bits per heavy atom. The first-order valence-corrected chi connectivity index (χ1v) is 5.94. The van der Waals surface area contributed by atoms with Crippen LogP contribution in [0.5, 0.6) is 0 Å². The van der Waals surface area contributed by atoms with Crippen LogP contribution >= 0.6 is 11.6 Å². The maximum atomic E-state index is 11.3. The zero-order valence-electron chi connectivity index (χ0n) is 10.3. The van der Waals surface area contributed by atoms with Crippen molar-refractivity contribution in [2.75, 3.05) is 39.4 Å². The summed E-state index contributed by atoms with van der Waals surface area (Å²) in [7, 11) is 1.60. The molecule has 0 aromatic heterocycles. The number of carbonyl (C=O) groups is 1. The molecule has 0 heterocycles. The van der Waals surface area contributed by atoms with Gasteiger partial charge in [-0.3, -0.25) is 4.79 Å². The van der Waals surface area contributed by atoms with Gasteiger partial charge in [0.2, 0.25) is 5.91 Å². The third-order valence-corrected chi connectivity index (χ3v) is 2.39. The van der Waals surface area contributed by atoms with Crippen LogP contribution in [-0.4, -0.2) is 45.3 Å². The summed E-state index contributed by atoms with van der Waals surface area (Å²) in [5.74, 6) is 0.506. The normalized spacial score (nSPS) is 11.5. The van der Waals surface area contributed by atoms with Crippen molar-refractivity contribution in [3.8, 4) is 0 Å². The van der Waals surface area contributed by atoms with E-state index in [0.29, 0.717) is 25.6 Å². The second-order valence-corrected chi connectivity index (χ2v) is 4.80. The summed E-state index contributed by atoms with van der Waals surface area (Å²) < 4.78 is 9.90. The number of methoxy groups -OCH3 is 1. The fourth-order valence-electron chi connectivity index (χ4n) is 1.04. The van der Waals surface area contributed by atoms with Crippen LogP contribution in [0, 0.1) is 5.41 Å². The van der Waals surface area contributed by atoms with Crippen molar-refractivity contribution >= 4 is 17.5 Å². The minimum absolute atomic E-state index is 0.0317. The summed E-state index contributed by atoms with van der Waals surface area (Å²) in [6.07, 6.45) is 0.874. The number of rotatable bonds is 9. The molecule has 0 aliphatic carbocycles. The summed E-state index contributed by atoms with van der Waals surface area (Å²) in [6, 6.07) is 0. The molecule has 0 saturated carbocycles. The highest BCUT2D eigenvalue weighted by Crippen LogP contribution is 2.19. The molecule has 0 unspecified atom stereocenters. The Morgan fingerprint density at radius 3 is 2.62 bits per heavy atom. The lowest BCUT2D eigenvalue weighted by Gasteiger charge is -2.23. The second-order valence-electron chi connectivity index (χ2n) is 4.43. The molecule has 0 aliphatic rings. The Balaban J connectivity index is 3.56. The van der Waals surface area contributed by atoms with E-state index in [1.54, 1.807) is 7.11 Å². The third kappa shape index (κ3) is 8.95. The first-order valence-electron chi connectivity index (χ1n) is 5.41. The molecule has 0 fully saturated rings. The van der Waals surface area contributed by atoms with E-state index in [1.807, 2.05) is 0 Å². The molecule has 1 N–H and O–H groups in total. The highest BCUT2D eigenvalue weighted by Gasteiger charge is 2.17. The number of ether oxygens (including phenoxy) is 2. The van der Waals surface area contributed by atoms with Gasteiger partial charge >= 0.3 is 0 Å². The van der Waals surface area contributed by atoms with Gasteiger partial charge in [-0.15, -0.1) is 11.6 Å². The lowest BCUT2D eigenvalue weighted by Crippen LogP contribution is -2.36. The van der Waals surface area contributed by atoms with Crippen molar-refractivity contribution in [3.63, 3.8) is 0 Å². The van der Waals surface area contributed by atoms with E-state index in [9.17, 15) is 4.79 Å². The fraction of sp³-hybridized carbons (Fsp3) is 0.909. The number of nitrogens with one attached hydrogen (secondary N) is 1. The third-order valence-electron chi connectivity index (χ3n) is 2.20. The van der Waals surface area contributed by atoms with Gasteiger partial charge in [0.25, 0.3) is 0 Å². The Bertz CT molecular complexity index is 198. The predicted molar refractivity (Wildman–Crippen MR) is 64.8 cm³/mol. The molecule has 4 nitrogen and oxygen atoms in total. The SMILES string of the molecule is COCCOCC(=O)NCC(C)(C)CCCl. The zero-order valence-corrected chi connectivity index (χ0v) is 11.1. The smallest absolute Gasteiger partial charge is 0.246 e. The standard InChI is InChI=1S/C11H22ClNO3/c1-11(2,4-5-12)9-13-10(14)8-16-7-6-15-3/h4-9H2,1-3H3,(H,13,14). The average Bonchev–Trinajstić information content (AvgIpc) is 2.22. The molecule has 0 radical (unpaired) electrons. The number of hydrogen-bond donors (Lipinski definition) is 1. The van der Waals surface area contributed by atoms with E-state index in [-0.39, 0.29) is 17.9 Å². The first kappa shape index (κ1) is 15.7. The van der Waals surface area contributed by atoms with Gasteiger partial charge in [-0.1, -0.05) is 13.8 Å². The summed E-state index contributed by atoms with van der Waals surface area (Å²) in [5, 5.41) is 2.82. The lowest BCUT2D eigenvalue weighted by atomic mass is 9.90. The van der Waals surface area contributed by atoms with Gasteiger partial charge in [0.05, 0.1) is 13.2 Å². The van der Waals surface area contributed by atoms with Crippen LogP contribution in [0.1, 0.15) is 20.3 Å². The van der Waals surface area contributed by atoms with Gasteiger partial charge < -0.3 is 14.8 Å². The van der Waals surface area contributed by atoms with Gasteiger partial charge in [-0.05, 0) is 11.8 Å². The molecule has 0 aliphatic heterocycles. The molecule has 1 amide bonds. The molecule has 0 rings (SSSR count). The average molecular weight is 252 g/mol. The Hall–Kier alpha value is -0.320. The van der Waals surface area contributed by atoms with Crippen LogP contribution in [0.15, 0.2) is 0 Å². The predicted octanol–water partition coefficient (Wildman–Crippen LogP) is 1.42. The van der Waals surface area contributed by atoms with E-state index in [1.165, 1.54) is 0 Å². The molecular weight excluding hydrogens is 230 g/mol. The first-order chi connectivity index (χ1) is 7.52. The van der Waals surface area contributed by atoms with E-state index in [2.05, 4.69) is 19.2 Å². The molecule has 16 heavy (non-hydrogen) atoms. The van der Waals surface area contributed by atoms with Crippen molar-refractivity contribution in [1.29, 1.82) is 0 Å². The lowest BCUT2D eigenvalue weighted by molar-refractivity contribution is -0.126. The van der Waals surface area contributed by atoms with Crippen LogP contribution in [-0.2, 0) is 14.3 Å². The number of carbonyl (C=O) groups excluding carboxylic acids is 1. The maximum Gasteiger partial charge on any atom is 0.246 e. The largest absolute Gasteiger partial charge is 0.382 e. The molecular formula is C11H22ClNO3. The summed E-state index contributed by atoms with van der Waals surface area (Å²) in [4.78, 5) is 11.3. The quantitative estimate of drug-likeness (QED) is 0.498. The van der Waals surface area contributed by atoms with Crippen LogP contribution in [0.4, 0.5) is 0 Å². The van der Waals surface area contributed by atoms with E-state index >= 15 is 0 Å². The molecule has 0 saturated heterocycles. The molecule has 0 spiro atoms. The van der Waals surface area contributed by atoms with E-state index in [0.717, 1.165) is 6.42 Å².